The first kappa shape index (κ1) is 35.0. The highest BCUT2D eigenvalue weighted by Gasteiger charge is 2.35. The maximum absolute atomic E-state index is 14.3. The number of carbonyl (C=O) groups excluding carboxylic acids is 3. The molecule has 3 N–H and O–H groups in total. The first-order chi connectivity index (χ1) is 20.8. The summed E-state index contributed by atoms with van der Waals surface area (Å²) in [5, 5.41) is 20.0. The lowest BCUT2D eigenvalue weighted by Gasteiger charge is -2.34. The molecule has 0 bridgehead atoms. The van der Waals surface area contributed by atoms with Gasteiger partial charge in [-0.15, -0.1) is 11.3 Å². The fourth-order valence-electron chi connectivity index (χ4n) is 4.72. The molecular formula is C35H48N4O4S. The van der Waals surface area contributed by atoms with E-state index < -0.39 is 17.5 Å². The van der Waals surface area contributed by atoms with E-state index in [1.54, 1.807) is 14.1 Å². The number of benzene rings is 2. The maximum Gasteiger partial charge on any atom is 0.246 e. The molecule has 44 heavy (non-hydrogen) atoms. The van der Waals surface area contributed by atoms with Crippen LogP contribution >= 0.6 is 11.3 Å². The topological polar surface area (TPSA) is 102 Å². The van der Waals surface area contributed by atoms with Crippen LogP contribution in [0.4, 0.5) is 0 Å². The lowest BCUT2D eigenvalue weighted by molar-refractivity contribution is -0.146. The summed E-state index contributed by atoms with van der Waals surface area (Å²) in [6.45, 7) is 8.00. The van der Waals surface area contributed by atoms with Crippen molar-refractivity contribution in [1.29, 1.82) is 0 Å². The number of carbonyl (C=O) groups is 3. The van der Waals surface area contributed by atoms with Crippen LogP contribution in [0.2, 0.25) is 0 Å². The summed E-state index contributed by atoms with van der Waals surface area (Å²) in [5.74, 6) is -0.909. The number of fused-ring (bicyclic) bond motifs is 1. The second kappa shape index (κ2) is 15.5. The summed E-state index contributed by atoms with van der Waals surface area (Å²) in [5.41, 5.74) is 0.230. The van der Waals surface area contributed by atoms with E-state index in [1.807, 2.05) is 101 Å². The lowest BCUT2D eigenvalue weighted by Crippen LogP contribution is -2.56. The molecule has 3 rings (SSSR count). The van der Waals surface area contributed by atoms with Crippen molar-refractivity contribution in [3.63, 3.8) is 0 Å². The van der Waals surface area contributed by atoms with Crippen molar-refractivity contribution in [2.45, 2.75) is 64.6 Å². The predicted octanol–water partition coefficient (Wildman–Crippen LogP) is 4.42. The number of amides is 3. The van der Waals surface area contributed by atoms with Crippen molar-refractivity contribution in [1.82, 2.24) is 20.4 Å². The molecule has 2 atom stereocenters. The van der Waals surface area contributed by atoms with Crippen molar-refractivity contribution in [2.24, 2.45) is 5.41 Å². The van der Waals surface area contributed by atoms with Gasteiger partial charge in [-0.2, -0.15) is 0 Å². The minimum atomic E-state index is -0.844. The number of hydrogen-bond acceptors (Lipinski definition) is 6. The van der Waals surface area contributed by atoms with Gasteiger partial charge in [-0.25, -0.2) is 0 Å². The van der Waals surface area contributed by atoms with Gasteiger partial charge in [0.15, 0.2) is 0 Å². The quantitative estimate of drug-likeness (QED) is 0.219. The van der Waals surface area contributed by atoms with Crippen LogP contribution in [-0.4, -0.2) is 84.5 Å². The Hall–Kier alpha value is -3.53. The molecule has 3 aromatic rings. The number of aliphatic hydroxyl groups excluding tert-OH is 1. The second-order valence-corrected chi connectivity index (χ2v) is 13.9. The Labute approximate surface area is 266 Å². The monoisotopic (exact) mass is 620 g/mol. The largest absolute Gasteiger partial charge is 0.396 e. The summed E-state index contributed by atoms with van der Waals surface area (Å²) in [6.07, 6.45) is 4.61. The molecule has 2 aromatic carbocycles. The van der Waals surface area contributed by atoms with Gasteiger partial charge < -0.3 is 25.5 Å². The third-order valence-corrected chi connectivity index (χ3v) is 9.07. The van der Waals surface area contributed by atoms with Crippen LogP contribution in [0.1, 0.15) is 44.6 Å². The zero-order chi connectivity index (χ0) is 32.5. The van der Waals surface area contributed by atoms with E-state index in [1.165, 1.54) is 27.2 Å². The van der Waals surface area contributed by atoms with Gasteiger partial charge in [0.25, 0.3) is 0 Å². The van der Waals surface area contributed by atoms with E-state index in [0.717, 1.165) is 21.2 Å². The van der Waals surface area contributed by atoms with Gasteiger partial charge in [-0.1, -0.05) is 68.5 Å². The highest BCUT2D eigenvalue weighted by molar-refractivity contribution is 7.09. The lowest BCUT2D eigenvalue weighted by atomic mass is 9.94. The number of hydrogen-bond donors (Lipinski definition) is 3. The van der Waals surface area contributed by atoms with Crippen LogP contribution in [0.5, 0.6) is 0 Å². The number of nitrogens with zero attached hydrogens (tertiary/aromatic N) is 2. The van der Waals surface area contributed by atoms with Crippen LogP contribution in [0.3, 0.4) is 0 Å². The standard InChI is InChI=1S/C35H48N4O4S/c1-34(2,24-40)23-37-32(42)29(22-28-14-11-19-44-28)39(7)33(43)30(38(6)31(41)15-10-18-35(3,4)36-5)21-25-16-17-26-12-8-9-13-27(26)20-25/h8-17,19-20,29-30,36,40H,18,21-24H2,1-7H3,(H,37,42)/b15-10+/t29-,30-/m1/s1. The van der Waals surface area contributed by atoms with Crippen LogP contribution in [0.15, 0.2) is 72.1 Å². The summed E-state index contributed by atoms with van der Waals surface area (Å²) in [7, 11) is 5.16. The molecular weight excluding hydrogens is 572 g/mol. The minimum Gasteiger partial charge on any atom is -0.396 e. The molecule has 9 heteroatoms. The molecule has 0 aliphatic rings. The number of likely N-dealkylation sites (N-methyl/N-ethyl adjacent to an activating group) is 2. The molecule has 0 fully saturated rings. The Kier molecular flexibility index (Phi) is 12.3. The smallest absolute Gasteiger partial charge is 0.246 e. The fraction of sp³-hybridized carbons (Fsp3) is 0.457. The second-order valence-electron chi connectivity index (χ2n) is 12.9. The molecule has 238 valence electrons. The van der Waals surface area contributed by atoms with Crippen LogP contribution in [0, 0.1) is 5.41 Å². The average molecular weight is 621 g/mol. The van der Waals surface area contributed by atoms with Crippen LogP contribution in [0.25, 0.3) is 10.8 Å². The summed E-state index contributed by atoms with van der Waals surface area (Å²) < 4.78 is 0. The maximum atomic E-state index is 14.3. The van der Waals surface area contributed by atoms with Gasteiger partial charge in [0, 0.05) is 55.9 Å². The first-order valence-corrected chi connectivity index (χ1v) is 15.9. The fourth-order valence-corrected chi connectivity index (χ4v) is 5.46. The molecule has 0 saturated heterocycles. The Morgan fingerprint density at radius 2 is 1.64 bits per heavy atom. The summed E-state index contributed by atoms with van der Waals surface area (Å²) in [4.78, 5) is 45.3. The summed E-state index contributed by atoms with van der Waals surface area (Å²) in [6, 6.07) is 16.3. The van der Waals surface area contributed by atoms with Crippen molar-refractivity contribution in [2.75, 3.05) is 34.3 Å². The van der Waals surface area contributed by atoms with E-state index >= 15 is 0 Å². The Bertz CT molecular complexity index is 1430. The number of nitrogens with one attached hydrogen (secondary N) is 2. The average Bonchev–Trinajstić information content (AvgIpc) is 3.53. The third kappa shape index (κ3) is 9.74. The minimum absolute atomic E-state index is 0.0859. The van der Waals surface area contributed by atoms with Crippen LogP contribution < -0.4 is 10.6 Å². The SMILES string of the molecule is CNC(C)(C)C/C=C/C(=O)N(C)[C@H](Cc1ccc2ccccc2c1)C(=O)N(C)[C@H](Cc1cccs1)C(=O)NCC(C)(C)CO. The molecule has 0 saturated carbocycles. The van der Waals surface area contributed by atoms with Crippen LogP contribution in [-0.2, 0) is 27.2 Å². The number of rotatable bonds is 15. The normalized spacial score (nSPS) is 13.5. The van der Waals surface area contributed by atoms with Crippen molar-refractivity contribution in [3.05, 3.63) is 82.6 Å². The molecule has 0 aliphatic heterocycles. The zero-order valence-electron chi connectivity index (χ0n) is 27.1. The number of aliphatic hydroxyl groups is 1. The van der Waals surface area contributed by atoms with Gasteiger partial charge in [0.05, 0.1) is 0 Å². The van der Waals surface area contributed by atoms with E-state index in [4.69, 9.17) is 0 Å². The van der Waals surface area contributed by atoms with Gasteiger partial charge >= 0.3 is 0 Å². The molecule has 1 aromatic heterocycles. The zero-order valence-corrected chi connectivity index (χ0v) is 27.9. The Morgan fingerprint density at radius 1 is 0.932 bits per heavy atom. The van der Waals surface area contributed by atoms with E-state index in [0.29, 0.717) is 12.8 Å². The molecule has 0 aliphatic carbocycles. The van der Waals surface area contributed by atoms with Crippen molar-refractivity contribution >= 4 is 39.8 Å². The van der Waals surface area contributed by atoms with Gasteiger partial charge in [-0.05, 0) is 61.2 Å². The highest BCUT2D eigenvalue weighted by atomic mass is 32.1. The van der Waals surface area contributed by atoms with E-state index in [2.05, 4.69) is 10.6 Å². The van der Waals surface area contributed by atoms with Gasteiger partial charge in [-0.3, -0.25) is 14.4 Å². The molecule has 0 spiro atoms. The van der Waals surface area contributed by atoms with Crippen molar-refractivity contribution < 1.29 is 19.5 Å². The highest BCUT2D eigenvalue weighted by Crippen LogP contribution is 2.21. The van der Waals surface area contributed by atoms with E-state index in [9.17, 15) is 19.5 Å². The summed E-state index contributed by atoms with van der Waals surface area (Å²) >= 11 is 1.53. The number of thiophene rings is 1. The molecule has 1 heterocycles. The molecule has 8 nitrogen and oxygen atoms in total. The molecule has 0 radical (unpaired) electrons. The molecule has 3 amide bonds. The van der Waals surface area contributed by atoms with Gasteiger partial charge in [0.2, 0.25) is 17.7 Å². The van der Waals surface area contributed by atoms with Gasteiger partial charge in [0.1, 0.15) is 12.1 Å². The first-order valence-electron chi connectivity index (χ1n) is 15.0. The molecule has 0 unspecified atom stereocenters. The Balaban J connectivity index is 1.94. The van der Waals surface area contributed by atoms with Crippen molar-refractivity contribution in [3.8, 4) is 0 Å². The Morgan fingerprint density at radius 3 is 2.27 bits per heavy atom. The van der Waals surface area contributed by atoms with E-state index in [-0.39, 0.29) is 42.8 Å². The predicted molar refractivity (Wildman–Crippen MR) is 180 cm³/mol. The third-order valence-electron chi connectivity index (χ3n) is 8.17.